The molecule has 168 valence electrons. The summed E-state index contributed by atoms with van der Waals surface area (Å²) in [5, 5.41) is 10.6. The molecule has 1 aliphatic heterocycles. The van der Waals surface area contributed by atoms with E-state index in [9.17, 15) is 17.6 Å². The second-order valence-electron chi connectivity index (χ2n) is 7.39. The van der Waals surface area contributed by atoms with Gasteiger partial charge in [-0.1, -0.05) is 17.3 Å². The van der Waals surface area contributed by atoms with Gasteiger partial charge in [0.1, 0.15) is 10.7 Å². The Labute approximate surface area is 184 Å². The fourth-order valence-corrected chi connectivity index (χ4v) is 4.94. The molecule has 3 aromatic rings. The Morgan fingerprint density at radius 2 is 1.88 bits per heavy atom. The van der Waals surface area contributed by atoms with E-state index in [4.69, 9.17) is 4.74 Å². The third-order valence-electron chi connectivity index (χ3n) is 5.13. The van der Waals surface area contributed by atoms with E-state index in [0.717, 1.165) is 27.7 Å². The lowest BCUT2D eigenvalue weighted by molar-refractivity contribution is 0.0729. The molecule has 1 aliphatic rings. The number of morpholine rings is 1. The molecule has 1 aromatic heterocycles. The quantitative estimate of drug-likeness (QED) is 0.628. The van der Waals surface area contributed by atoms with E-state index >= 15 is 0 Å². The van der Waals surface area contributed by atoms with Crippen LogP contribution in [0.15, 0.2) is 47.4 Å². The molecule has 1 saturated heterocycles. The summed E-state index contributed by atoms with van der Waals surface area (Å²) in [5.41, 5.74) is 2.51. The number of nitrogens with zero attached hydrogens (tertiary/aromatic N) is 4. The van der Waals surface area contributed by atoms with E-state index < -0.39 is 26.6 Å². The van der Waals surface area contributed by atoms with Crippen molar-refractivity contribution >= 4 is 21.6 Å². The Morgan fingerprint density at radius 3 is 2.59 bits per heavy atom. The number of benzene rings is 2. The van der Waals surface area contributed by atoms with Gasteiger partial charge in [-0.25, -0.2) is 17.5 Å². The summed E-state index contributed by atoms with van der Waals surface area (Å²) in [5.74, 6) is -1.47. The Bertz CT molecular complexity index is 1270. The van der Waals surface area contributed by atoms with Crippen molar-refractivity contribution in [2.24, 2.45) is 0 Å². The average Bonchev–Trinajstić information content (AvgIpc) is 3.17. The number of anilines is 1. The molecule has 0 spiro atoms. The molecule has 9 nitrogen and oxygen atoms in total. The fraction of sp³-hybridized carbons (Fsp3) is 0.286. The molecule has 11 heteroatoms. The van der Waals surface area contributed by atoms with E-state index in [0.29, 0.717) is 5.69 Å². The number of sulfonamides is 1. The maximum absolute atomic E-state index is 14.4. The zero-order chi connectivity index (χ0) is 22.9. The van der Waals surface area contributed by atoms with Crippen molar-refractivity contribution in [2.75, 3.05) is 31.6 Å². The molecule has 0 radical (unpaired) electrons. The highest BCUT2D eigenvalue weighted by Gasteiger charge is 2.29. The summed E-state index contributed by atoms with van der Waals surface area (Å²) >= 11 is 0. The van der Waals surface area contributed by atoms with Gasteiger partial charge in [0, 0.05) is 18.8 Å². The molecule has 1 amide bonds. The predicted octanol–water partition coefficient (Wildman–Crippen LogP) is 2.30. The van der Waals surface area contributed by atoms with Crippen LogP contribution in [-0.4, -0.2) is 59.9 Å². The molecule has 1 N–H and O–H groups in total. The van der Waals surface area contributed by atoms with E-state index in [1.54, 1.807) is 11.6 Å². The van der Waals surface area contributed by atoms with Gasteiger partial charge in [-0.3, -0.25) is 4.79 Å². The van der Waals surface area contributed by atoms with Crippen LogP contribution in [-0.2, 0) is 14.8 Å². The maximum atomic E-state index is 14.4. The molecule has 0 atom stereocenters. The molecule has 4 rings (SSSR count). The van der Waals surface area contributed by atoms with Crippen LogP contribution in [0.3, 0.4) is 0 Å². The Hall–Kier alpha value is -3.15. The number of carbonyl (C=O) groups is 1. The first kappa shape index (κ1) is 22.1. The van der Waals surface area contributed by atoms with Gasteiger partial charge in [-0.05, 0) is 49.7 Å². The van der Waals surface area contributed by atoms with Crippen LogP contribution in [0.5, 0.6) is 0 Å². The standard InChI is InChI=1S/C21H22FN5O4S/c1-14-4-3-5-17(12-14)27-15(2)20(24-25-27)21(28)23-16-6-7-18(22)19(13-16)32(29,30)26-8-10-31-11-9-26/h3-7,12-13H,8-11H2,1-2H3,(H,23,28). The lowest BCUT2D eigenvalue weighted by Gasteiger charge is -2.26. The third kappa shape index (κ3) is 4.27. The zero-order valence-corrected chi connectivity index (χ0v) is 18.4. The highest BCUT2D eigenvalue weighted by molar-refractivity contribution is 7.89. The molecule has 0 bridgehead atoms. The molecular formula is C21H22FN5O4S. The number of nitrogens with one attached hydrogen (secondary N) is 1. The molecule has 2 aromatic carbocycles. The Balaban J connectivity index is 1.59. The largest absolute Gasteiger partial charge is 0.379 e. The number of hydrogen-bond acceptors (Lipinski definition) is 6. The summed E-state index contributed by atoms with van der Waals surface area (Å²) < 4.78 is 48.0. The maximum Gasteiger partial charge on any atom is 0.278 e. The topological polar surface area (TPSA) is 106 Å². The number of hydrogen-bond donors (Lipinski definition) is 1. The van der Waals surface area contributed by atoms with Crippen LogP contribution < -0.4 is 5.32 Å². The average molecular weight is 460 g/mol. The molecule has 32 heavy (non-hydrogen) atoms. The van der Waals surface area contributed by atoms with Crippen molar-refractivity contribution in [1.29, 1.82) is 0 Å². The van der Waals surface area contributed by atoms with Crippen LogP contribution in [0.25, 0.3) is 5.69 Å². The molecule has 2 heterocycles. The molecule has 0 unspecified atom stereocenters. The zero-order valence-electron chi connectivity index (χ0n) is 17.6. The van der Waals surface area contributed by atoms with E-state index in [1.165, 1.54) is 6.07 Å². The minimum atomic E-state index is -4.06. The first-order chi connectivity index (χ1) is 15.3. The van der Waals surface area contributed by atoms with Crippen molar-refractivity contribution in [3.63, 3.8) is 0 Å². The van der Waals surface area contributed by atoms with E-state index in [1.807, 2.05) is 31.2 Å². The molecule has 0 saturated carbocycles. The number of carbonyl (C=O) groups excluding carboxylic acids is 1. The van der Waals surface area contributed by atoms with Crippen molar-refractivity contribution in [1.82, 2.24) is 19.3 Å². The fourth-order valence-electron chi connectivity index (χ4n) is 3.44. The van der Waals surface area contributed by atoms with Crippen LogP contribution in [0.1, 0.15) is 21.7 Å². The predicted molar refractivity (Wildman–Crippen MR) is 115 cm³/mol. The van der Waals surface area contributed by atoms with Gasteiger partial charge in [0.15, 0.2) is 5.69 Å². The van der Waals surface area contributed by atoms with Crippen molar-refractivity contribution in [3.8, 4) is 5.69 Å². The van der Waals surface area contributed by atoms with Gasteiger partial charge >= 0.3 is 0 Å². The van der Waals surface area contributed by atoms with Gasteiger partial charge in [0.25, 0.3) is 5.91 Å². The van der Waals surface area contributed by atoms with Gasteiger partial charge in [0.05, 0.1) is 24.6 Å². The van der Waals surface area contributed by atoms with Gasteiger partial charge in [-0.2, -0.15) is 4.31 Å². The van der Waals surface area contributed by atoms with Crippen LogP contribution in [0, 0.1) is 19.7 Å². The minimum Gasteiger partial charge on any atom is -0.379 e. The number of ether oxygens (including phenoxy) is 1. The summed E-state index contributed by atoms with van der Waals surface area (Å²) in [7, 11) is -4.06. The highest BCUT2D eigenvalue weighted by atomic mass is 32.2. The number of amides is 1. The van der Waals surface area contributed by atoms with Gasteiger partial charge < -0.3 is 10.1 Å². The number of aryl methyl sites for hydroxylation is 1. The SMILES string of the molecule is Cc1cccc(-n2nnc(C(=O)Nc3ccc(F)c(S(=O)(=O)N4CCOCC4)c3)c2C)c1. The smallest absolute Gasteiger partial charge is 0.278 e. The normalized spacial score (nSPS) is 15.0. The Kier molecular flexibility index (Phi) is 6.04. The second-order valence-corrected chi connectivity index (χ2v) is 9.30. The third-order valence-corrected chi connectivity index (χ3v) is 7.05. The number of rotatable bonds is 5. The minimum absolute atomic E-state index is 0.0772. The van der Waals surface area contributed by atoms with Gasteiger partial charge in [-0.15, -0.1) is 5.10 Å². The van der Waals surface area contributed by atoms with Crippen LogP contribution in [0.2, 0.25) is 0 Å². The lowest BCUT2D eigenvalue weighted by Crippen LogP contribution is -2.40. The summed E-state index contributed by atoms with van der Waals surface area (Å²) in [6, 6.07) is 11.0. The second kappa shape index (κ2) is 8.77. The Morgan fingerprint density at radius 1 is 1.12 bits per heavy atom. The number of halogens is 1. The monoisotopic (exact) mass is 459 g/mol. The lowest BCUT2D eigenvalue weighted by atomic mass is 10.2. The summed E-state index contributed by atoms with van der Waals surface area (Å²) in [4.78, 5) is 12.3. The van der Waals surface area contributed by atoms with Crippen molar-refractivity contribution < 1.29 is 22.3 Å². The van der Waals surface area contributed by atoms with Crippen LogP contribution in [0.4, 0.5) is 10.1 Å². The van der Waals surface area contributed by atoms with E-state index in [-0.39, 0.29) is 37.7 Å². The van der Waals surface area contributed by atoms with E-state index in [2.05, 4.69) is 15.6 Å². The molecular weight excluding hydrogens is 437 g/mol. The first-order valence-electron chi connectivity index (χ1n) is 9.95. The van der Waals surface area contributed by atoms with Gasteiger partial charge in [0.2, 0.25) is 10.0 Å². The summed E-state index contributed by atoms with van der Waals surface area (Å²) in [6.45, 7) is 4.41. The molecule has 1 fully saturated rings. The number of aromatic nitrogens is 3. The summed E-state index contributed by atoms with van der Waals surface area (Å²) in [6.07, 6.45) is 0. The molecule has 0 aliphatic carbocycles. The van der Waals surface area contributed by atoms with Crippen molar-refractivity contribution in [3.05, 3.63) is 65.2 Å². The first-order valence-corrected chi connectivity index (χ1v) is 11.4. The highest BCUT2D eigenvalue weighted by Crippen LogP contribution is 2.24. The van der Waals surface area contributed by atoms with Crippen LogP contribution >= 0.6 is 0 Å². The van der Waals surface area contributed by atoms with Crippen molar-refractivity contribution in [2.45, 2.75) is 18.7 Å².